The molecule has 0 saturated heterocycles. The number of ether oxygens (including phenoxy) is 1. The number of carbonyl (C=O) groups is 3. The molecular formula is C17H24N2O5S. The minimum Gasteiger partial charge on any atom is -0.480 e. The molecule has 2 rings (SSSR count). The Bertz CT molecular complexity index is 690. The third-order valence-electron chi connectivity index (χ3n) is 4.45. The minimum atomic E-state index is -1.15. The first-order valence-electron chi connectivity index (χ1n) is 8.13. The minimum absolute atomic E-state index is 0.169. The number of anilines is 1. The number of hydrogen-bond acceptors (Lipinski definition) is 5. The molecular weight excluding hydrogens is 344 g/mol. The summed E-state index contributed by atoms with van der Waals surface area (Å²) in [6.45, 7) is 5.66. The second kappa shape index (κ2) is 7.53. The molecule has 0 fully saturated rings. The van der Waals surface area contributed by atoms with Crippen molar-refractivity contribution in [2.75, 3.05) is 18.5 Å². The van der Waals surface area contributed by atoms with Crippen LogP contribution < -0.4 is 11.1 Å². The molecule has 2 amide bonds. The lowest BCUT2D eigenvalue weighted by Gasteiger charge is -2.33. The molecule has 1 aliphatic rings. The van der Waals surface area contributed by atoms with Crippen LogP contribution >= 0.6 is 11.3 Å². The van der Waals surface area contributed by atoms with E-state index in [4.69, 9.17) is 15.6 Å². The van der Waals surface area contributed by atoms with Crippen molar-refractivity contribution in [3.05, 3.63) is 16.0 Å². The van der Waals surface area contributed by atoms with Crippen molar-refractivity contribution in [1.82, 2.24) is 0 Å². The SMILES string of the molecule is CC(C)(C)[C@@H]1CCc2c(sc(NC(=O)COCC(=O)O)c2C(N)=O)C1. The zero-order chi connectivity index (χ0) is 18.8. The van der Waals surface area contributed by atoms with E-state index in [1.807, 2.05) is 0 Å². The number of hydrogen-bond donors (Lipinski definition) is 3. The topological polar surface area (TPSA) is 119 Å². The standard InChI is InChI=1S/C17H24N2O5S/c1-17(2,3)9-4-5-10-11(6-9)25-16(14(10)15(18)23)19-12(20)7-24-8-13(21)22/h9H,4-8H2,1-3H3,(H2,18,23)(H,19,20)(H,21,22)/t9-/m1/s1. The maximum absolute atomic E-state index is 11.9. The van der Waals surface area contributed by atoms with Gasteiger partial charge in [-0.15, -0.1) is 11.3 Å². The molecule has 1 heterocycles. The van der Waals surface area contributed by atoms with E-state index in [1.54, 1.807) is 0 Å². The number of aliphatic carboxylic acids is 1. The van der Waals surface area contributed by atoms with Gasteiger partial charge in [0.1, 0.15) is 18.2 Å². The average Bonchev–Trinajstić information content (AvgIpc) is 2.82. The molecule has 0 bridgehead atoms. The van der Waals surface area contributed by atoms with Crippen molar-refractivity contribution in [3.63, 3.8) is 0 Å². The number of amides is 2. The van der Waals surface area contributed by atoms with Gasteiger partial charge in [0.25, 0.3) is 11.8 Å². The Balaban J connectivity index is 2.17. The molecule has 8 heteroatoms. The highest BCUT2D eigenvalue weighted by atomic mass is 32.1. The number of carbonyl (C=O) groups excluding carboxylic acids is 2. The first-order valence-corrected chi connectivity index (χ1v) is 8.95. The second-order valence-electron chi connectivity index (χ2n) is 7.31. The Kier molecular flexibility index (Phi) is 5.84. The van der Waals surface area contributed by atoms with Gasteiger partial charge in [-0.3, -0.25) is 9.59 Å². The number of primary amides is 1. The van der Waals surface area contributed by atoms with Crippen LogP contribution in [-0.2, 0) is 27.2 Å². The van der Waals surface area contributed by atoms with E-state index in [2.05, 4.69) is 26.1 Å². The summed E-state index contributed by atoms with van der Waals surface area (Å²) in [5.41, 5.74) is 7.00. The van der Waals surface area contributed by atoms with Crippen LogP contribution in [-0.4, -0.2) is 36.1 Å². The first kappa shape index (κ1) is 19.4. The summed E-state index contributed by atoms with van der Waals surface area (Å²) < 4.78 is 4.77. The van der Waals surface area contributed by atoms with Crippen LogP contribution in [0.3, 0.4) is 0 Å². The van der Waals surface area contributed by atoms with Crippen LogP contribution in [0.4, 0.5) is 5.00 Å². The quantitative estimate of drug-likeness (QED) is 0.710. The molecule has 25 heavy (non-hydrogen) atoms. The van der Waals surface area contributed by atoms with Gasteiger partial charge in [-0.2, -0.15) is 0 Å². The highest BCUT2D eigenvalue weighted by molar-refractivity contribution is 7.17. The lowest BCUT2D eigenvalue weighted by molar-refractivity contribution is -0.143. The molecule has 4 N–H and O–H groups in total. The molecule has 7 nitrogen and oxygen atoms in total. The number of fused-ring (bicyclic) bond motifs is 1. The van der Waals surface area contributed by atoms with E-state index in [0.29, 0.717) is 16.5 Å². The lowest BCUT2D eigenvalue weighted by atomic mass is 9.72. The molecule has 1 aliphatic carbocycles. The van der Waals surface area contributed by atoms with Gasteiger partial charge in [-0.25, -0.2) is 4.79 Å². The van der Waals surface area contributed by atoms with E-state index >= 15 is 0 Å². The highest BCUT2D eigenvalue weighted by Gasteiger charge is 2.33. The van der Waals surface area contributed by atoms with Crippen molar-refractivity contribution in [3.8, 4) is 0 Å². The fraction of sp³-hybridized carbons (Fsp3) is 0.588. The summed E-state index contributed by atoms with van der Waals surface area (Å²) in [6, 6.07) is 0. The van der Waals surface area contributed by atoms with Crippen molar-refractivity contribution < 1.29 is 24.2 Å². The van der Waals surface area contributed by atoms with Gasteiger partial charge >= 0.3 is 5.97 Å². The summed E-state index contributed by atoms with van der Waals surface area (Å²) in [4.78, 5) is 35.3. The zero-order valence-electron chi connectivity index (χ0n) is 14.7. The predicted molar refractivity (Wildman–Crippen MR) is 94.9 cm³/mol. The lowest BCUT2D eigenvalue weighted by Crippen LogP contribution is -2.27. The second-order valence-corrected chi connectivity index (χ2v) is 8.42. The van der Waals surface area contributed by atoms with Gasteiger partial charge in [0, 0.05) is 4.88 Å². The highest BCUT2D eigenvalue weighted by Crippen LogP contribution is 2.44. The Labute approximate surface area is 150 Å². The number of carboxylic acid groups (broad SMARTS) is 1. The first-order chi connectivity index (χ1) is 11.6. The maximum Gasteiger partial charge on any atom is 0.329 e. The van der Waals surface area contributed by atoms with E-state index < -0.39 is 31.0 Å². The summed E-state index contributed by atoms with van der Waals surface area (Å²) in [7, 11) is 0. The molecule has 0 aliphatic heterocycles. The molecule has 1 atom stereocenters. The van der Waals surface area contributed by atoms with Crippen LogP contribution in [0.2, 0.25) is 0 Å². The molecule has 0 radical (unpaired) electrons. The van der Waals surface area contributed by atoms with Crippen LogP contribution in [0, 0.1) is 11.3 Å². The molecule has 0 unspecified atom stereocenters. The number of carboxylic acids is 1. The normalized spacial score (nSPS) is 17.0. The summed E-state index contributed by atoms with van der Waals surface area (Å²) >= 11 is 1.37. The summed E-state index contributed by atoms with van der Waals surface area (Å²) in [6.07, 6.45) is 2.59. The smallest absolute Gasteiger partial charge is 0.329 e. The van der Waals surface area contributed by atoms with Crippen molar-refractivity contribution in [2.45, 2.75) is 40.0 Å². The van der Waals surface area contributed by atoms with Crippen molar-refractivity contribution in [1.29, 1.82) is 0 Å². The van der Waals surface area contributed by atoms with Gasteiger partial charge in [0.15, 0.2) is 0 Å². The fourth-order valence-corrected chi connectivity index (χ4v) is 4.42. The molecule has 0 saturated carbocycles. The van der Waals surface area contributed by atoms with Gasteiger partial charge in [0.05, 0.1) is 5.56 Å². The third-order valence-corrected chi connectivity index (χ3v) is 5.62. The van der Waals surface area contributed by atoms with Crippen LogP contribution in [0.15, 0.2) is 0 Å². The fourth-order valence-electron chi connectivity index (χ4n) is 3.07. The zero-order valence-corrected chi connectivity index (χ0v) is 15.5. The van der Waals surface area contributed by atoms with Crippen LogP contribution in [0.5, 0.6) is 0 Å². The molecule has 1 aromatic rings. The van der Waals surface area contributed by atoms with Gasteiger partial charge in [0.2, 0.25) is 0 Å². The molecule has 0 aromatic carbocycles. The van der Waals surface area contributed by atoms with Crippen LogP contribution in [0.1, 0.15) is 48.0 Å². The Hall–Kier alpha value is -1.93. The van der Waals surface area contributed by atoms with Gasteiger partial charge in [-0.05, 0) is 36.2 Å². The van der Waals surface area contributed by atoms with Crippen molar-refractivity contribution >= 4 is 34.1 Å². The van der Waals surface area contributed by atoms with Crippen molar-refractivity contribution in [2.24, 2.45) is 17.1 Å². The number of rotatable bonds is 6. The molecule has 0 spiro atoms. The third kappa shape index (κ3) is 4.79. The predicted octanol–water partition coefficient (Wildman–Crippen LogP) is 2.04. The Morgan fingerprint density at radius 2 is 2.00 bits per heavy atom. The largest absolute Gasteiger partial charge is 0.480 e. The van der Waals surface area contributed by atoms with E-state index in [1.165, 1.54) is 11.3 Å². The number of nitrogens with one attached hydrogen (secondary N) is 1. The Morgan fingerprint density at radius 1 is 1.32 bits per heavy atom. The number of nitrogens with two attached hydrogens (primary N) is 1. The molecule has 1 aromatic heterocycles. The Morgan fingerprint density at radius 3 is 2.56 bits per heavy atom. The maximum atomic E-state index is 11.9. The summed E-state index contributed by atoms with van der Waals surface area (Å²) in [5, 5.41) is 11.6. The monoisotopic (exact) mass is 368 g/mol. The van der Waals surface area contributed by atoms with E-state index in [-0.39, 0.29) is 5.41 Å². The van der Waals surface area contributed by atoms with E-state index in [9.17, 15) is 14.4 Å². The van der Waals surface area contributed by atoms with Crippen LogP contribution in [0.25, 0.3) is 0 Å². The summed E-state index contributed by atoms with van der Waals surface area (Å²) in [5.74, 6) is -1.71. The van der Waals surface area contributed by atoms with Gasteiger partial charge < -0.3 is 20.9 Å². The van der Waals surface area contributed by atoms with E-state index in [0.717, 1.165) is 29.7 Å². The average molecular weight is 368 g/mol. The number of thiophene rings is 1. The van der Waals surface area contributed by atoms with Gasteiger partial charge in [-0.1, -0.05) is 20.8 Å². The molecule has 138 valence electrons.